The van der Waals surface area contributed by atoms with E-state index in [9.17, 15) is 4.79 Å². The van der Waals surface area contributed by atoms with Gasteiger partial charge >= 0.3 is 0 Å². The maximum atomic E-state index is 12.5. The third-order valence-electron chi connectivity index (χ3n) is 3.89. The number of fused-ring (bicyclic) bond motifs is 2. The lowest BCUT2D eigenvalue weighted by Crippen LogP contribution is -2.23. The highest BCUT2D eigenvalue weighted by molar-refractivity contribution is 6.06. The zero-order chi connectivity index (χ0) is 15.6. The van der Waals surface area contributed by atoms with E-state index in [4.69, 9.17) is 0 Å². The summed E-state index contributed by atoms with van der Waals surface area (Å²) in [5.41, 5.74) is 2.56. The first-order chi connectivity index (χ1) is 11.3. The van der Waals surface area contributed by atoms with Crippen LogP contribution < -0.4 is 5.32 Å². The Balaban J connectivity index is 1.57. The summed E-state index contributed by atoms with van der Waals surface area (Å²) in [4.78, 5) is 20.2. The molecule has 2 N–H and O–H groups in total. The molecule has 0 spiro atoms. The van der Waals surface area contributed by atoms with Crippen LogP contribution in [0, 0.1) is 0 Å². The van der Waals surface area contributed by atoms with Gasteiger partial charge in [0.15, 0.2) is 0 Å². The lowest BCUT2D eigenvalue weighted by Gasteiger charge is -2.07. The Labute approximate surface area is 133 Å². The Kier molecular flexibility index (Phi) is 3.27. The van der Waals surface area contributed by atoms with Crippen molar-refractivity contribution in [3.63, 3.8) is 0 Å². The van der Waals surface area contributed by atoms with Gasteiger partial charge in [-0.1, -0.05) is 48.5 Å². The van der Waals surface area contributed by atoms with Crippen molar-refractivity contribution in [3.8, 4) is 0 Å². The molecule has 3 aromatic carbocycles. The van der Waals surface area contributed by atoms with Crippen LogP contribution in [-0.2, 0) is 6.54 Å². The van der Waals surface area contributed by atoms with Crippen molar-refractivity contribution in [2.45, 2.75) is 6.54 Å². The van der Waals surface area contributed by atoms with E-state index in [1.165, 1.54) is 0 Å². The van der Waals surface area contributed by atoms with Gasteiger partial charge in [0, 0.05) is 5.56 Å². The molecule has 0 fully saturated rings. The van der Waals surface area contributed by atoms with Gasteiger partial charge in [0.25, 0.3) is 5.91 Å². The van der Waals surface area contributed by atoms with Crippen LogP contribution in [0.1, 0.15) is 16.2 Å². The summed E-state index contributed by atoms with van der Waals surface area (Å²) in [6, 6.07) is 21.5. The first kappa shape index (κ1) is 13.5. The molecule has 0 radical (unpaired) electrons. The minimum atomic E-state index is -0.0951. The Hall–Kier alpha value is -3.14. The minimum absolute atomic E-state index is 0.0951. The lowest BCUT2D eigenvalue weighted by molar-refractivity contribution is 0.0951. The van der Waals surface area contributed by atoms with E-state index in [2.05, 4.69) is 15.3 Å². The molecule has 1 amide bonds. The van der Waals surface area contributed by atoms with Crippen LogP contribution in [-0.4, -0.2) is 15.9 Å². The number of rotatable bonds is 3. The Morgan fingerprint density at radius 1 is 0.957 bits per heavy atom. The van der Waals surface area contributed by atoms with Crippen molar-refractivity contribution in [3.05, 3.63) is 78.1 Å². The molecule has 0 atom stereocenters. The number of benzene rings is 3. The number of carbonyl (C=O) groups is 1. The highest BCUT2D eigenvalue weighted by atomic mass is 16.1. The first-order valence-electron chi connectivity index (χ1n) is 7.51. The standard InChI is InChI=1S/C19H15N3O/c23-19(15-9-5-7-13-6-1-2-8-14(13)15)20-12-18-21-16-10-3-4-11-17(16)22-18/h1-11H,12H2,(H,20,23)(H,21,22). The van der Waals surface area contributed by atoms with E-state index in [0.717, 1.165) is 27.6 Å². The Morgan fingerprint density at radius 3 is 2.65 bits per heavy atom. The van der Waals surface area contributed by atoms with Crippen molar-refractivity contribution in [1.82, 2.24) is 15.3 Å². The van der Waals surface area contributed by atoms with Gasteiger partial charge in [-0.15, -0.1) is 0 Å². The van der Waals surface area contributed by atoms with E-state index in [1.807, 2.05) is 66.7 Å². The average molecular weight is 301 g/mol. The normalized spacial score (nSPS) is 11.0. The summed E-state index contributed by atoms with van der Waals surface area (Å²) in [5.74, 6) is 0.655. The number of imidazole rings is 1. The summed E-state index contributed by atoms with van der Waals surface area (Å²) in [6.45, 7) is 0.372. The van der Waals surface area contributed by atoms with E-state index >= 15 is 0 Å². The van der Waals surface area contributed by atoms with E-state index < -0.39 is 0 Å². The fourth-order valence-electron chi connectivity index (χ4n) is 2.77. The first-order valence-corrected chi connectivity index (χ1v) is 7.51. The van der Waals surface area contributed by atoms with Crippen LogP contribution in [0.25, 0.3) is 21.8 Å². The number of aromatic nitrogens is 2. The summed E-state index contributed by atoms with van der Waals surface area (Å²) in [6.07, 6.45) is 0. The Morgan fingerprint density at radius 2 is 1.74 bits per heavy atom. The minimum Gasteiger partial charge on any atom is -0.345 e. The predicted octanol–water partition coefficient (Wildman–Crippen LogP) is 3.65. The number of nitrogens with zero attached hydrogens (tertiary/aromatic N) is 1. The quantitative estimate of drug-likeness (QED) is 0.607. The predicted molar refractivity (Wildman–Crippen MR) is 91.2 cm³/mol. The zero-order valence-corrected chi connectivity index (χ0v) is 12.4. The summed E-state index contributed by atoms with van der Waals surface area (Å²) >= 11 is 0. The van der Waals surface area contributed by atoms with Gasteiger partial charge in [-0.25, -0.2) is 4.98 Å². The molecule has 0 aliphatic rings. The number of nitrogens with one attached hydrogen (secondary N) is 2. The molecule has 0 aliphatic heterocycles. The summed E-state index contributed by atoms with van der Waals surface area (Å²) < 4.78 is 0. The second-order valence-corrected chi connectivity index (χ2v) is 5.41. The van der Waals surface area contributed by atoms with Gasteiger partial charge in [0.1, 0.15) is 5.82 Å². The van der Waals surface area contributed by atoms with Crippen molar-refractivity contribution in [1.29, 1.82) is 0 Å². The van der Waals surface area contributed by atoms with E-state index in [-0.39, 0.29) is 5.91 Å². The fraction of sp³-hybridized carbons (Fsp3) is 0.0526. The Bertz CT molecular complexity index is 965. The maximum absolute atomic E-state index is 12.5. The second-order valence-electron chi connectivity index (χ2n) is 5.41. The molecule has 4 nitrogen and oxygen atoms in total. The molecule has 4 heteroatoms. The number of para-hydroxylation sites is 2. The van der Waals surface area contributed by atoms with Crippen LogP contribution in [0.5, 0.6) is 0 Å². The van der Waals surface area contributed by atoms with Gasteiger partial charge in [-0.05, 0) is 29.0 Å². The molecule has 1 aromatic heterocycles. The van der Waals surface area contributed by atoms with Crippen LogP contribution in [0.3, 0.4) is 0 Å². The highest BCUT2D eigenvalue weighted by Crippen LogP contribution is 2.18. The van der Waals surface area contributed by atoms with Crippen LogP contribution >= 0.6 is 0 Å². The van der Waals surface area contributed by atoms with E-state index in [0.29, 0.717) is 12.1 Å². The average Bonchev–Trinajstić information content (AvgIpc) is 3.02. The molecule has 23 heavy (non-hydrogen) atoms. The lowest BCUT2D eigenvalue weighted by atomic mass is 10.0. The van der Waals surface area contributed by atoms with Crippen molar-refractivity contribution >= 4 is 27.7 Å². The largest absolute Gasteiger partial charge is 0.345 e. The van der Waals surface area contributed by atoms with Gasteiger partial charge in [0.05, 0.1) is 17.6 Å². The number of amides is 1. The van der Waals surface area contributed by atoms with Gasteiger partial charge in [-0.2, -0.15) is 0 Å². The zero-order valence-electron chi connectivity index (χ0n) is 12.4. The highest BCUT2D eigenvalue weighted by Gasteiger charge is 2.10. The molecule has 1 heterocycles. The number of hydrogen-bond acceptors (Lipinski definition) is 2. The number of carbonyl (C=O) groups excluding carboxylic acids is 1. The van der Waals surface area contributed by atoms with Crippen molar-refractivity contribution in [2.24, 2.45) is 0 Å². The SMILES string of the molecule is O=C(NCc1nc2ccccc2[nH]1)c1cccc2ccccc12. The number of H-pyrrole nitrogens is 1. The number of aromatic amines is 1. The maximum Gasteiger partial charge on any atom is 0.252 e. The van der Waals surface area contributed by atoms with Gasteiger partial charge in [0.2, 0.25) is 0 Å². The molecule has 0 saturated heterocycles. The molecule has 4 aromatic rings. The number of hydrogen-bond donors (Lipinski definition) is 2. The monoisotopic (exact) mass is 301 g/mol. The van der Waals surface area contributed by atoms with Crippen molar-refractivity contribution < 1.29 is 4.79 Å². The van der Waals surface area contributed by atoms with Crippen LogP contribution in [0.2, 0.25) is 0 Å². The summed E-state index contributed by atoms with van der Waals surface area (Å²) in [7, 11) is 0. The molecule has 0 aliphatic carbocycles. The topological polar surface area (TPSA) is 57.8 Å². The van der Waals surface area contributed by atoms with E-state index in [1.54, 1.807) is 0 Å². The third-order valence-corrected chi connectivity index (χ3v) is 3.89. The summed E-state index contributed by atoms with van der Waals surface area (Å²) in [5, 5.41) is 4.95. The molecule has 0 bridgehead atoms. The second kappa shape index (κ2) is 5.57. The molecular formula is C19H15N3O. The molecular weight excluding hydrogens is 286 g/mol. The molecule has 4 rings (SSSR count). The molecule has 112 valence electrons. The van der Waals surface area contributed by atoms with Gasteiger partial charge in [-0.3, -0.25) is 4.79 Å². The van der Waals surface area contributed by atoms with Crippen LogP contribution in [0.4, 0.5) is 0 Å². The smallest absolute Gasteiger partial charge is 0.252 e. The third kappa shape index (κ3) is 2.55. The van der Waals surface area contributed by atoms with Crippen LogP contribution in [0.15, 0.2) is 66.7 Å². The molecule has 0 unspecified atom stereocenters. The van der Waals surface area contributed by atoms with Crippen molar-refractivity contribution in [2.75, 3.05) is 0 Å². The van der Waals surface area contributed by atoms with Gasteiger partial charge < -0.3 is 10.3 Å². The fourth-order valence-corrected chi connectivity index (χ4v) is 2.77. The molecule has 0 saturated carbocycles.